The second-order valence-electron chi connectivity index (χ2n) is 12.6. The van der Waals surface area contributed by atoms with Crippen molar-refractivity contribution in [3.05, 3.63) is 36.0 Å². The lowest BCUT2D eigenvalue weighted by Crippen LogP contribution is -2.50. The summed E-state index contributed by atoms with van der Waals surface area (Å²) in [6.45, 7) is 17.9. The molecular formula is C31H48O2. The van der Waals surface area contributed by atoms with Crippen LogP contribution in [0.25, 0.3) is 0 Å². The van der Waals surface area contributed by atoms with E-state index in [0.29, 0.717) is 28.6 Å². The highest BCUT2D eigenvalue weighted by molar-refractivity contribution is 5.66. The van der Waals surface area contributed by atoms with Crippen molar-refractivity contribution in [2.75, 3.05) is 0 Å². The van der Waals surface area contributed by atoms with Gasteiger partial charge in [0.1, 0.15) is 6.10 Å². The lowest BCUT2D eigenvalue weighted by atomic mass is 9.47. The van der Waals surface area contributed by atoms with Crippen LogP contribution in [0, 0.1) is 46.3 Å². The number of esters is 1. The van der Waals surface area contributed by atoms with Crippen LogP contribution in [0.4, 0.5) is 0 Å². The van der Waals surface area contributed by atoms with Crippen molar-refractivity contribution in [1.29, 1.82) is 0 Å². The highest BCUT2D eigenvalue weighted by Crippen LogP contribution is 2.66. The van der Waals surface area contributed by atoms with Crippen LogP contribution >= 0.6 is 0 Å². The Kier molecular flexibility index (Phi) is 7.05. The Morgan fingerprint density at radius 2 is 1.82 bits per heavy atom. The van der Waals surface area contributed by atoms with Gasteiger partial charge in [0.25, 0.3) is 0 Å². The molecule has 0 bridgehead atoms. The van der Waals surface area contributed by atoms with Gasteiger partial charge in [-0.2, -0.15) is 0 Å². The van der Waals surface area contributed by atoms with E-state index < -0.39 is 0 Å². The normalized spacial score (nSPS) is 42.0. The predicted octanol–water partition coefficient (Wildman–Crippen LogP) is 8.29. The van der Waals surface area contributed by atoms with Gasteiger partial charge in [-0.1, -0.05) is 63.6 Å². The quantitative estimate of drug-likeness (QED) is 0.299. The van der Waals surface area contributed by atoms with E-state index in [1.165, 1.54) is 44.1 Å². The van der Waals surface area contributed by atoms with Crippen molar-refractivity contribution in [2.45, 2.75) is 105 Å². The highest BCUT2D eigenvalue weighted by Gasteiger charge is 2.58. The number of rotatable bonds is 6. The number of fused-ring (bicyclic) bond motifs is 5. The van der Waals surface area contributed by atoms with E-state index in [4.69, 9.17) is 4.74 Å². The second-order valence-corrected chi connectivity index (χ2v) is 12.6. The molecule has 4 aliphatic rings. The zero-order valence-electron chi connectivity index (χ0n) is 22.2. The van der Waals surface area contributed by atoms with Crippen molar-refractivity contribution in [2.24, 2.45) is 46.3 Å². The third-order valence-corrected chi connectivity index (χ3v) is 10.8. The number of hydrogen-bond acceptors (Lipinski definition) is 2. The second kappa shape index (κ2) is 9.38. The third kappa shape index (κ3) is 4.41. The minimum absolute atomic E-state index is 0.113. The van der Waals surface area contributed by atoms with Gasteiger partial charge < -0.3 is 4.74 Å². The molecule has 184 valence electrons. The van der Waals surface area contributed by atoms with Gasteiger partial charge in [-0.25, -0.2) is 0 Å². The third-order valence-electron chi connectivity index (χ3n) is 10.8. The summed E-state index contributed by atoms with van der Waals surface area (Å²) >= 11 is 0. The molecule has 0 saturated heterocycles. The van der Waals surface area contributed by atoms with E-state index >= 15 is 0 Å². The molecule has 33 heavy (non-hydrogen) atoms. The van der Waals surface area contributed by atoms with Crippen LogP contribution in [0.1, 0.15) is 99.3 Å². The average molecular weight is 453 g/mol. The van der Waals surface area contributed by atoms with Crippen molar-refractivity contribution in [3.8, 4) is 0 Å². The topological polar surface area (TPSA) is 26.3 Å². The Morgan fingerprint density at radius 3 is 2.48 bits per heavy atom. The molecule has 0 aromatic rings. The van der Waals surface area contributed by atoms with E-state index in [-0.39, 0.29) is 12.1 Å². The summed E-state index contributed by atoms with van der Waals surface area (Å²) in [6, 6.07) is 0. The van der Waals surface area contributed by atoms with Crippen LogP contribution in [0.5, 0.6) is 0 Å². The van der Waals surface area contributed by atoms with Crippen LogP contribution in [0.15, 0.2) is 36.0 Å². The summed E-state index contributed by atoms with van der Waals surface area (Å²) in [5.41, 5.74) is 3.94. The molecule has 3 saturated carbocycles. The molecule has 0 heterocycles. The molecule has 0 spiro atoms. The smallest absolute Gasteiger partial charge is 0.302 e. The van der Waals surface area contributed by atoms with E-state index in [9.17, 15) is 4.79 Å². The van der Waals surface area contributed by atoms with E-state index in [1.807, 2.05) is 5.57 Å². The summed E-state index contributed by atoms with van der Waals surface area (Å²) < 4.78 is 5.64. The van der Waals surface area contributed by atoms with Gasteiger partial charge in [-0.3, -0.25) is 4.79 Å². The maximum absolute atomic E-state index is 11.5. The number of allylic oxidation sites excluding steroid dienone is 5. The van der Waals surface area contributed by atoms with Crippen molar-refractivity contribution >= 4 is 5.97 Å². The monoisotopic (exact) mass is 452 g/mol. The van der Waals surface area contributed by atoms with Gasteiger partial charge in [-0.15, -0.1) is 0 Å². The lowest BCUT2D eigenvalue weighted by molar-refractivity contribution is -0.152. The molecule has 0 aromatic carbocycles. The van der Waals surface area contributed by atoms with E-state index in [1.54, 1.807) is 6.92 Å². The standard InChI is InChI=1S/C31H48O2/c1-8-23(20(2)3)10-9-21(4)27-13-14-28-26-12-11-24-19-25(33-22(5)32)15-17-30(24,6)29(26)16-18-31(27,28)7/h9-10,12,21,23-25,27-29H,2,8,11,13-19H2,1,3-7H3/b10-9+/t21-,23-,24+,25+,27-,28+,29+,30-,31-/m0/s1. The van der Waals surface area contributed by atoms with Crippen molar-refractivity contribution < 1.29 is 9.53 Å². The summed E-state index contributed by atoms with van der Waals surface area (Å²) in [4.78, 5) is 11.5. The zero-order valence-corrected chi connectivity index (χ0v) is 22.2. The molecule has 9 atom stereocenters. The first-order valence-electron chi connectivity index (χ1n) is 13.8. The minimum Gasteiger partial charge on any atom is -0.463 e. The fourth-order valence-electron chi connectivity index (χ4n) is 8.81. The minimum atomic E-state index is -0.113. The van der Waals surface area contributed by atoms with Crippen molar-refractivity contribution in [1.82, 2.24) is 0 Å². The number of carbonyl (C=O) groups excluding carboxylic acids is 1. The molecule has 0 unspecified atom stereocenters. The molecule has 0 radical (unpaired) electrons. The predicted molar refractivity (Wildman–Crippen MR) is 138 cm³/mol. The molecule has 0 aliphatic heterocycles. The zero-order chi connectivity index (χ0) is 24.0. The number of hydrogen-bond donors (Lipinski definition) is 0. The molecule has 0 N–H and O–H groups in total. The Labute approximate surface area is 203 Å². The average Bonchev–Trinajstić information content (AvgIpc) is 3.11. The van der Waals surface area contributed by atoms with Gasteiger partial charge in [0.2, 0.25) is 0 Å². The molecule has 3 fully saturated rings. The summed E-state index contributed by atoms with van der Waals surface area (Å²) in [7, 11) is 0. The van der Waals surface area contributed by atoms with Gasteiger partial charge in [-0.05, 0) is 111 Å². The lowest BCUT2D eigenvalue weighted by Gasteiger charge is -2.58. The number of ether oxygens (including phenoxy) is 1. The first-order chi connectivity index (χ1) is 15.6. The van der Waals surface area contributed by atoms with Gasteiger partial charge >= 0.3 is 5.97 Å². The highest BCUT2D eigenvalue weighted by atomic mass is 16.5. The molecule has 2 heteroatoms. The Hall–Kier alpha value is -1.31. The van der Waals surface area contributed by atoms with Crippen LogP contribution < -0.4 is 0 Å². The summed E-state index contributed by atoms with van der Waals surface area (Å²) in [5, 5.41) is 0. The van der Waals surface area contributed by atoms with Crippen LogP contribution in [0.3, 0.4) is 0 Å². The summed E-state index contributed by atoms with van der Waals surface area (Å²) in [6.07, 6.45) is 18.9. The fraction of sp³-hybridized carbons (Fsp3) is 0.774. The van der Waals surface area contributed by atoms with Crippen LogP contribution in [0.2, 0.25) is 0 Å². The molecule has 4 aliphatic carbocycles. The molecule has 0 amide bonds. The fourth-order valence-corrected chi connectivity index (χ4v) is 8.81. The molecule has 0 aromatic heterocycles. The van der Waals surface area contributed by atoms with Gasteiger partial charge in [0.05, 0.1) is 0 Å². The van der Waals surface area contributed by atoms with E-state index in [2.05, 4.69) is 59.4 Å². The Bertz CT molecular complexity index is 821. The van der Waals surface area contributed by atoms with E-state index in [0.717, 1.165) is 37.0 Å². The SMILES string of the molecule is C=C(C)[C@H](/C=C/[C@H](C)[C@@H]1CC[C@@H]2C3=CC[C@@H]4C[C@H](OC(C)=O)CC[C@]4(C)[C@@H]3CC[C@]21C)CC. The van der Waals surface area contributed by atoms with Crippen molar-refractivity contribution in [3.63, 3.8) is 0 Å². The largest absolute Gasteiger partial charge is 0.463 e. The molecular weight excluding hydrogens is 404 g/mol. The molecule has 2 nitrogen and oxygen atoms in total. The molecule has 4 rings (SSSR count). The van der Waals surface area contributed by atoms with Crippen LogP contribution in [-0.4, -0.2) is 12.1 Å². The number of carbonyl (C=O) groups is 1. The van der Waals surface area contributed by atoms with Gasteiger partial charge in [0, 0.05) is 6.92 Å². The Morgan fingerprint density at radius 1 is 1.12 bits per heavy atom. The summed E-state index contributed by atoms with van der Waals surface area (Å²) in [5.74, 6) is 4.01. The van der Waals surface area contributed by atoms with Crippen LogP contribution in [-0.2, 0) is 9.53 Å². The Balaban J connectivity index is 1.51. The maximum atomic E-state index is 11.5. The first kappa shape index (κ1) is 24.8. The van der Waals surface area contributed by atoms with Gasteiger partial charge in [0.15, 0.2) is 0 Å². The first-order valence-corrected chi connectivity index (χ1v) is 13.8. The maximum Gasteiger partial charge on any atom is 0.302 e.